The highest BCUT2D eigenvalue weighted by Crippen LogP contribution is 2.32. The van der Waals surface area contributed by atoms with E-state index in [0.717, 1.165) is 12.8 Å². The molecule has 4 nitrogen and oxygen atoms in total. The van der Waals surface area contributed by atoms with Crippen molar-refractivity contribution in [3.05, 3.63) is 0 Å². The summed E-state index contributed by atoms with van der Waals surface area (Å²) in [5.41, 5.74) is 4.78. The third kappa shape index (κ3) is 4.65. The van der Waals surface area contributed by atoms with Crippen molar-refractivity contribution >= 4 is 5.91 Å². The van der Waals surface area contributed by atoms with Crippen LogP contribution in [0.3, 0.4) is 0 Å². The molecule has 0 aliphatic heterocycles. The van der Waals surface area contributed by atoms with Crippen molar-refractivity contribution in [1.82, 2.24) is 4.90 Å². The number of nitrogens with two attached hydrogens (primary N) is 1. The number of rotatable bonds is 4. The second kappa shape index (κ2) is 6.09. The van der Waals surface area contributed by atoms with Gasteiger partial charge in [0.25, 0.3) is 0 Å². The molecule has 0 spiro atoms. The van der Waals surface area contributed by atoms with Gasteiger partial charge in [0, 0.05) is 6.54 Å². The first-order valence-corrected chi connectivity index (χ1v) is 6.44. The Balaban J connectivity index is 2.80. The molecule has 0 aromatic carbocycles. The molecule has 1 fully saturated rings. The topological polar surface area (TPSA) is 66.6 Å². The lowest BCUT2D eigenvalue weighted by Crippen LogP contribution is -2.59. The molecule has 0 saturated heterocycles. The first-order chi connectivity index (χ1) is 8.68. The second-order valence-electron chi connectivity index (χ2n) is 5.42. The molecular formula is C12H21F3N2O2. The average molecular weight is 282 g/mol. The molecule has 1 amide bonds. The number of aliphatic hydroxyl groups excluding tert-OH is 1. The molecule has 2 atom stereocenters. The zero-order valence-corrected chi connectivity index (χ0v) is 11.0. The van der Waals surface area contributed by atoms with E-state index in [4.69, 9.17) is 10.8 Å². The van der Waals surface area contributed by atoms with E-state index < -0.39 is 30.8 Å². The maximum absolute atomic E-state index is 12.4. The number of nitrogens with zero attached hydrogens (tertiary/aromatic N) is 1. The number of hydrogen-bond donors (Lipinski definition) is 2. The van der Waals surface area contributed by atoms with Gasteiger partial charge in [-0.2, -0.15) is 13.2 Å². The normalized spacial score (nSPS) is 28.2. The summed E-state index contributed by atoms with van der Waals surface area (Å²) < 4.78 is 37.3. The number of alkyl halides is 3. The van der Waals surface area contributed by atoms with Crippen LogP contribution in [0.4, 0.5) is 13.2 Å². The van der Waals surface area contributed by atoms with E-state index in [1.807, 2.05) is 6.92 Å². The van der Waals surface area contributed by atoms with Gasteiger partial charge in [0.15, 0.2) is 0 Å². The van der Waals surface area contributed by atoms with Gasteiger partial charge in [0.1, 0.15) is 6.54 Å². The minimum Gasteiger partial charge on any atom is -0.395 e. The van der Waals surface area contributed by atoms with Crippen LogP contribution in [-0.2, 0) is 4.79 Å². The predicted molar refractivity (Wildman–Crippen MR) is 64.3 cm³/mol. The molecule has 1 aliphatic carbocycles. The Bertz CT molecular complexity index is 323. The average Bonchev–Trinajstić information content (AvgIpc) is 2.25. The number of halogens is 3. The van der Waals surface area contributed by atoms with E-state index in [2.05, 4.69) is 0 Å². The Morgan fingerprint density at radius 3 is 2.63 bits per heavy atom. The van der Waals surface area contributed by atoms with Crippen molar-refractivity contribution in [1.29, 1.82) is 0 Å². The van der Waals surface area contributed by atoms with E-state index in [-0.39, 0.29) is 12.5 Å². The highest BCUT2D eigenvalue weighted by atomic mass is 19.4. The monoisotopic (exact) mass is 282 g/mol. The van der Waals surface area contributed by atoms with Crippen molar-refractivity contribution in [2.75, 3.05) is 19.7 Å². The van der Waals surface area contributed by atoms with E-state index in [9.17, 15) is 18.0 Å². The van der Waals surface area contributed by atoms with Crippen LogP contribution in [0.1, 0.15) is 32.6 Å². The van der Waals surface area contributed by atoms with E-state index in [0.29, 0.717) is 17.7 Å². The van der Waals surface area contributed by atoms with Gasteiger partial charge in [-0.25, -0.2) is 0 Å². The molecule has 112 valence electrons. The largest absolute Gasteiger partial charge is 0.406 e. The number of aliphatic hydroxyl groups is 1. The van der Waals surface area contributed by atoms with E-state index in [1.54, 1.807) is 0 Å². The van der Waals surface area contributed by atoms with Gasteiger partial charge in [-0.05, 0) is 18.8 Å². The molecule has 3 N–H and O–H groups in total. The quantitative estimate of drug-likeness (QED) is 0.816. The summed E-state index contributed by atoms with van der Waals surface area (Å²) in [4.78, 5) is 12.8. The minimum absolute atomic E-state index is 0.226. The van der Waals surface area contributed by atoms with Crippen molar-refractivity contribution in [3.63, 3.8) is 0 Å². The Labute approximate surface area is 110 Å². The SMILES string of the molecule is CC1CCCC(N)(C(=O)N(CCO)CC(F)(F)F)C1. The molecule has 0 radical (unpaired) electrons. The van der Waals surface area contributed by atoms with Gasteiger partial charge < -0.3 is 15.7 Å². The van der Waals surface area contributed by atoms with Crippen LogP contribution in [0.15, 0.2) is 0 Å². The van der Waals surface area contributed by atoms with Crippen LogP contribution in [0, 0.1) is 5.92 Å². The molecule has 0 bridgehead atoms. The Morgan fingerprint density at radius 2 is 2.16 bits per heavy atom. The lowest BCUT2D eigenvalue weighted by atomic mass is 9.76. The van der Waals surface area contributed by atoms with Gasteiger partial charge >= 0.3 is 6.18 Å². The molecule has 0 aromatic rings. The molecule has 19 heavy (non-hydrogen) atoms. The molecule has 0 aromatic heterocycles. The molecule has 0 heterocycles. The van der Waals surface area contributed by atoms with Crippen molar-refractivity contribution in [3.8, 4) is 0 Å². The fraction of sp³-hybridized carbons (Fsp3) is 0.917. The van der Waals surface area contributed by atoms with Crippen LogP contribution in [-0.4, -0.2) is 47.3 Å². The first kappa shape index (κ1) is 16.2. The summed E-state index contributed by atoms with van der Waals surface area (Å²) in [6.07, 6.45) is -2.02. The maximum atomic E-state index is 12.4. The standard InChI is InChI=1S/C12H21F3N2O2/c1-9-3-2-4-11(16,7-9)10(19)17(5-6-18)8-12(13,14)15/h9,18H,2-8,16H2,1H3. The van der Waals surface area contributed by atoms with Crippen LogP contribution in [0.2, 0.25) is 0 Å². The summed E-state index contributed by atoms with van der Waals surface area (Å²) in [6, 6.07) is 0. The smallest absolute Gasteiger partial charge is 0.395 e. The Kier molecular flexibility index (Phi) is 5.20. The van der Waals surface area contributed by atoms with E-state index in [1.165, 1.54) is 0 Å². The molecule has 1 rings (SSSR count). The number of carbonyl (C=O) groups is 1. The Hall–Kier alpha value is -0.820. The number of hydrogen-bond acceptors (Lipinski definition) is 3. The highest BCUT2D eigenvalue weighted by Gasteiger charge is 2.43. The molecule has 2 unspecified atom stereocenters. The summed E-state index contributed by atoms with van der Waals surface area (Å²) in [5.74, 6) is -0.477. The summed E-state index contributed by atoms with van der Waals surface area (Å²) >= 11 is 0. The van der Waals surface area contributed by atoms with Crippen molar-refractivity contribution in [2.24, 2.45) is 11.7 Å². The number of amides is 1. The molecule has 7 heteroatoms. The van der Waals surface area contributed by atoms with Gasteiger partial charge in [0.2, 0.25) is 5.91 Å². The summed E-state index contributed by atoms with van der Waals surface area (Å²) in [5, 5.41) is 8.81. The van der Waals surface area contributed by atoms with Crippen LogP contribution in [0.25, 0.3) is 0 Å². The third-order valence-electron chi connectivity index (χ3n) is 3.49. The summed E-state index contributed by atoms with van der Waals surface area (Å²) in [6.45, 7) is -0.271. The predicted octanol–water partition coefficient (Wildman–Crippen LogP) is 1.28. The van der Waals surface area contributed by atoms with Crippen LogP contribution < -0.4 is 5.73 Å². The van der Waals surface area contributed by atoms with Gasteiger partial charge in [-0.15, -0.1) is 0 Å². The zero-order chi connectivity index (χ0) is 14.7. The minimum atomic E-state index is -4.48. The van der Waals surface area contributed by atoms with Crippen molar-refractivity contribution in [2.45, 2.75) is 44.3 Å². The van der Waals surface area contributed by atoms with Crippen LogP contribution >= 0.6 is 0 Å². The second-order valence-corrected chi connectivity index (χ2v) is 5.42. The maximum Gasteiger partial charge on any atom is 0.406 e. The lowest BCUT2D eigenvalue weighted by Gasteiger charge is -2.39. The van der Waals surface area contributed by atoms with Crippen molar-refractivity contribution < 1.29 is 23.1 Å². The summed E-state index contributed by atoms with van der Waals surface area (Å²) in [7, 11) is 0. The van der Waals surface area contributed by atoms with Gasteiger partial charge in [0.05, 0.1) is 12.1 Å². The molecule has 1 aliphatic rings. The molecule has 1 saturated carbocycles. The third-order valence-corrected chi connectivity index (χ3v) is 3.49. The fourth-order valence-corrected chi connectivity index (χ4v) is 2.69. The lowest BCUT2D eigenvalue weighted by molar-refractivity contribution is -0.166. The van der Waals surface area contributed by atoms with Gasteiger partial charge in [-0.1, -0.05) is 19.8 Å². The van der Waals surface area contributed by atoms with Gasteiger partial charge in [-0.3, -0.25) is 4.79 Å². The molecular weight excluding hydrogens is 261 g/mol. The Morgan fingerprint density at radius 1 is 1.53 bits per heavy atom. The first-order valence-electron chi connectivity index (χ1n) is 6.44. The number of carbonyl (C=O) groups excluding carboxylic acids is 1. The fourth-order valence-electron chi connectivity index (χ4n) is 2.69. The highest BCUT2D eigenvalue weighted by molar-refractivity contribution is 5.86. The van der Waals surface area contributed by atoms with Crippen LogP contribution in [0.5, 0.6) is 0 Å². The van der Waals surface area contributed by atoms with E-state index >= 15 is 0 Å². The zero-order valence-electron chi connectivity index (χ0n) is 11.0.